The molecule has 82 valence electrons. The van der Waals surface area contributed by atoms with Crippen molar-refractivity contribution in [2.75, 3.05) is 0 Å². The lowest BCUT2D eigenvalue weighted by atomic mass is 10.1. The number of aromatic amines is 1. The second-order valence-electron chi connectivity index (χ2n) is 3.26. The number of hydrogen-bond donors (Lipinski definition) is 2. The van der Waals surface area contributed by atoms with E-state index in [4.69, 9.17) is 5.11 Å². The van der Waals surface area contributed by atoms with Gasteiger partial charge in [-0.15, -0.1) is 0 Å². The van der Waals surface area contributed by atoms with Crippen LogP contribution in [0, 0.1) is 0 Å². The maximum Gasteiger partial charge on any atom is 0.353 e. The molecule has 0 spiro atoms. The quantitative estimate of drug-likeness (QED) is 0.833. The van der Waals surface area contributed by atoms with Gasteiger partial charge in [-0.25, -0.2) is 9.18 Å². The molecule has 0 aliphatic carbocycles. The summed E-state index contributed by atoms with van der Waals surface area (Å²) in [6.45, 7) is -0.606. The van der Waals surface area contributed by atoms with Gasteiger partial charge in [-0.1, -0.05) is 24.3 Å². The summed E-state index contributed by atoms with van der Waals surface area (Å²) in [5, 5.41) is 15.0. The van der Waals surface area contributed by atoms with Gasteiger partial charge in [0.15, 0.2) is 0 Å². The second-order valence-corrected chi connectivity index (χ2v) is 3.26. The number of aromatic nitrogens is 2. The van der Waals surface area contributed by atoms with E-state index in [0.717, 1.165) is 0 Å². The van der Waals surface area contributed by atoms with Gasteiger partial charge in [0.1, 0.15) is 12.4 Å². The Hall–Kier alpha value is -2.17. The maximum absolute atomic E-state index is 12.7. The third-order valence-electron chi connectivity index (χ3n) is 2.25. The zero-order valence-electron chi connectivity index (χ0n) is 8.27. The lowest BCUT2D eigenvalue weighted by molar-refractivity contribution is 0.0690. The van der Waals surface area contributed by atoms with Crippen molar-refractivity contribution in [3.05, 3.63) is 41.6 Å². The normalized spacial score (nSPS) is 10.3. The van der Waals surface area contributed by atoms with Gasteiger partial charge in [0, 0.05) is 5.56 Å². The average molecular weight is 220 g/mol. The number of aromatic carboxylic acids is 1. The second kappa shape index (κ2) is 4.14. The van der Waals surface area contributed by atoms with Crippen molar-refractivity contribution in [1.29, 1.82) is 0 Å². The van der Waals surface area contributed by atoms with Crippen LogP contribution in [0.1, 0.15) is 16.1 Å². The minimum atomic E-state index is -1.09. The van der Waals surface area contributed by atoms with Crippen LogP contribution in [-0.4, -0.2) is 21.3 Å². The summed E-state index contributed by atoms with van der Waals surface area (Å²) in [6, 6.07) is 8.21. The highest BCUT2D eigenvalue weighted by molar-refractivity contribution is 5.87. The number of nitrogens with one attached hydrogen (secondary N) is 1. The van der Waals surface area contributed by atoms with Gasteiger partial charge >= 0.3 is 5.97 Å². The molecule has 0 aliphatic heterocycles. The predicted molar refractivity (Wildman–Crippen MR) is 55.8 cm³/mol. The molecule has 0 unspecified atom stereocenters. The fourth-order valence-electron chi connectivity index (χ4n) is 1.46. The molecular weight excluding hydrogens is 211 g/mol. The van der Waals surface area contributed by atoms with Crippen LogP contribution in [0.15, 0.2) is 30.3 Å². The lowest BCUT2D eigenvalue weighted by Gasteiger charge is -2.01. The Labute approximate surface area is 90.7 Å². The molecule has 0 atom stereocenters. The van der Waals surface area contributed by atoms with E-state index in [9.17, 15) is 9.18 Å². The number of benzene rings is 1. The van der Waals surface area contributed by atoms with Crippen molar-refractivity contribution in [3.63, 3.8) is 0 Å². The Morgan fingerprint density at radius 3 is 2.81 bits per heavy atom. The number of H-pyrrole nitrogens is 1. The number of nitrogens with zero attached hydrogens (tertiary/aromatic N) is 1. The molecule has 2 rings (SSSR count). The van der Waals surface area contributed by atoms with Crippen LogP contribution >= 0.6 is 0 Å². The summed E-state index contributed by atoms with van der Waals surface area (Å²) in [6.07, 6.45) is 0. The van der Waals surface area contributed by atoms with Crippen molar-refractivity contribution in [2.24, 2.45) is 0 Å². The molecule has 5 heteroatoms. The van der Waals surface area contributed by atoms with Crippen LogP contribution in [0.4, 0.5) is 4.39 Å². The molecule has 0 saturated carbocycles. The number of carbonyl (C=O) groups is 1. The SMILES string of the molecule is O=C(O)c1cc(-c2ccccc2CF)n[nH]1. The number of carboxylic acid groups (broad SMARTS) is 1. The van der Waals surface area contributed by atoms with Gasteiger partial charge in [0.2, 0.25) is 0 Å². The summed E-state index contributed by atoms with van der Waals surface area (Å²) in [5.41, 5.74) is 1.52. The van der Waals surface area contributed by atoms with Crippen LogP contribution in [0.25, 0.3) is 11.3 Å². The monoisotopic (exact) mass is 220 g/mol. The van der Waals surface area contributed by atoms with Crippen molar-refractivity contribution < 1.29 is 14.3 Å². The van der Waals surface area contributed by atoms with E-state index in [1.807, 2.05) is 0 Å². The Bertz CT molecular complexity index is 522. The first-order valence-electron chi connectivity index (χ1n) is 4.65. The van der Waals surface area contributed by atoms with E-state index in [1.54, 1.807) is 24.3 Å². The largest absolute Gasteiger partial charge is 0.477 e. The minimum absolute atomic E-state index is 0.0105. The highest BCUT2D eigenvalue weighted by Crippen LogP contribution is 2.22. The molecule has 0 fully saturated rings. The van der Waals surface area contributed by atoms with E-state index in [0.29, 0.717) is 16.8 Å². The van der Waals surface area contributed by atoms with E-state index < -0.39 is 12.6 Å². The lowest BCUT2D eigenvalue weighted by Crippen LogP contribution is -1.95. The smallest absolute Gasteiger partial charge is 0.353 e. The van der Waals surface area contributed by atoms with Crippen molar-refractivity contribution in [3.8, 4) is 11.3 Å². The summed E-state index contributed by atoms with van der Waals surface area (Å²) in [4.78, 5) is 10.7. The number of carboxylic acids is 1. The molecule has 1 aromatic heterocycles. The molecule has 16 heavy (non-hydrogen) atoms. The van der Waals surface area contributed by atoms with Gasteiger partial charge in [-0.3, -0.25) is 5.10 Å². The van der Waals surface area contributed by atoms with Crippen LogP contribution in [0.2, 0.25) is 0 Å². The van der Waals surface area contributed by atoms with Crippen molar-refractivity contribution in [2.45, 2.75) is 6.67 Å². The van der Waals surface area contributed by atoms with Crippen molar-refractivity contribution >= 4 is 5.97 Å². The molecule has 0 aliphatic rings. The number of hydrogen-bond acceptors (Lipinski definition) is 2. The van der Waals surface area contributed by atoms with Gasteiger partial charge in [0.05, 0.1) is 5.69 Å². The Balaban J connectivity index is 2.46. The van der Waals surface area contributed by atoms with Crippen molar-refractivity contribution in [1.82, 2.24) is 10.2 Å². The molecule has 1 aromatic carbocycles. The zero-order chi connectivity index (χ0) is 11.5. The summed E-state index contributed by atoms with van der Waals surface area (Å²) in [5.74, 6) is -1.09. The fraction of sp³-hybridized carbons (Fsp3) is 0.0909. The average Bonchev–Trinajstić information content (AvgIpc) is 2.78. The van der Waals surface area contributed by atoms with Crippen LogP contribution in [0.5, 0.6) is 0 Å². The Morgan fingerprint density at radius 1 is 1.44 bits per heavy atom. The van der Waals surface area contributed by atoms with Crippen LogP contribution in [-0.2, 0) is 6.67 Å². The highest BCUT2D eigenvalue weighted by atomic mass is 19.1. The first kappa shape index (κ1) is 10.4. The van der Waals surface area contributed by atoms with Gasteiger partial charge in [-0.05, 0) is 11.6 Å². The topological polar surface area (TPSA) is 66.0 Å². The Kier molecular flexibility index (Phi) is 2.68. The van der Waals surface area contributed by atoms with Crippen LogP contribution < -0.4 is 0 Å². The predicted octanol–water partition coefficient (Wildman–Crippen LogP) is 2.24. The standard InChI is InChI=1S/C11H9FN2O2/c12-6-7-3-1-2-4-8(7)9-5-10(11(15)16)14-13-9/h1-5H,6H2,(H,13,14)(H,15,16). The zero-order valence-corrected chi connectivity index (χ0v) is 8.27. The molecule has 0 radical (unpaired) electrons. The summed E-state index contributed by atoms with van der Waals surface area (Å²) < 4.78 is 12.7. The highest BCUT2D eigenvalue weighted by Gasteiger charge is 2.11. The molecule has 2 aromatic rings. The van der Waals surface area contributed by atoms with E-state index >= 15 is 0 Å². The number of alkyl halides is 1. The maximum atomic E-state index is 12.7. The van der Waals surface area contributed by atoms with Gasteiger partial charge in [-0.2, -0.15) is 5.10 Å². The van der Waals surface area contributed by atoms with E-state index in [2.05, 4.69) is 10.2 Å². The summed E-state index contributed by atoms with van der Waals surface area (Å²) in [7, 11) is 0. The first-order valence-corrected chi connectivity index (χ1v) is 4.65. The molecule has 1 heterocycles. The molecule has 0 bridgehead atoms. The Morgan fingerprint density at radius 2 is 2.19 bits per heavy atom. The molecule has 2 N–H and O–H groups in total. The third kappa shape index (κ3) is 1.79. The molecule has 4 nitrogen and oxygen atoms in total. The van der Waals surface area contributed by atoms with Crippen LogP contribution in [0.3, 0.4) is 0 Å². The van der Waals surface area contributed by atoms with E-state index in [1.165, 1.54) is 6.07 Å². The fourth-order valence-corrected chi connectivity index (χ4v) is 1.46. The number of halogens is 1. The number of rotatable bonds is 3. The van der Waals surface area contributed by atoms with E-state index in [-0.39, 0.29) is 5.69 Å². The molecular formula is C11H9FN2O2. The minimum Gasteiger partial charge on any atom is -0.477 e. The summed E-state index contributed by atoms with van der Waals surface area (Å²) >= 11 is 0. The molecule has 0 amide bonds. The third-order valence-corrected chi connectivity index (χ3v) is 2.25. The first-order chi connectivity index (χ1) is 7.72. The van der Waals surface area contributed by atoms with Gasteiger partial charge in [0.25, 0.3) is 0 Å². The van der Waals surface area contributed by atoms with Gasteiger partial charge < -0.3 is 5.11 Å². The molecule has 0 saturated heterocycles.